The van der Waals surface area contributed by atoms with Crippen LogP contribution in [0.1, 0.15) is 24.3 Å². The molecule has 6 atom stereocenters. The number of nitrogens with one attached hydrogen (secondary N) is 1. The summed E-state index contributed by atoms with van der Waals surface area (Å²) in [6.45, 7) is 1.90. The van der Waals surface area contributed by atoms with Crippen molar-refractivity contribution in [2.75, 3.05) is 6.61 Å². The van der Waals surface area contributed by atoms with Gasteiger partial charge in [0.1, 0.15) is 12.2 Å². The maximum absolute atomic E-state index is 11.9. The summed E-state index contributed by atoms with van der Waals surface area (Å²) in [5.74, 6) is -0.287. The molecule has 0 spiro atoms. The molecule has 2 aliphatic rings. The summed E-state index contributed by atoms with van der Waals surface area (Å²) in [5, 5.41) is 6.78. The predicted molar refractivity (Wildman–Crippen MR) is 110 cm³/mol. The second-order valence-electron chi connectivity index (χ2n) is 7.44. The highest BCUT2D eigenvalue weighted by atomic mass is 16.7. The molecule has 0 bridgehead atoms. The molecule has 0 unspecified atom stereocenters. The van der Waals surface area contributed by atoms with Gasteiger partial charge >= 0.3 is 0 Å². The van der Waals surface area contributed by atoms with E-state index in [0.29, 0.717) is 0 Å². The molecule has 0 radical (unpaired) electrons. The number of ether oxygens (including phenoxy) is 4. The Hall–Kier alpha value is -2.94. The lowest BCUT2D eigenvalue weighted by atomic mass is 9.93. The van der Waals surface area contributed by atoms with Gasteiger partial charge in [-0.15, -0.1) is 0 Å². The van der Waals surface area contributed by atoms with Gasteiger partial charge in [0.25, 0.3) is 0 Å². The molecule has 4 rings (SSSR count). The molecule has 162 valence electrons. The first kappa shape index (κ1) is 21.3. The zero-order valence-electron chi connectivity index (χ0n) is 17.0. The Morgan fingerprint density at radius 2 is 1.87 bits per heavy atom. The van der Waals surface area contributed by atoms with E-state index in [9.17, 15) is 10.3 Å². The molecule has 1 amide bonds. The third-order valence-corrected chi connectivity index (χ3v) is 5.25. The van der Waals surface area contributed by atoms with Gasteiger partial charge in [0.2, 0.25) is 5.91 Å². The number of carbonyl (C=O) groups is 1. The molecule has 2 heterocycles. The van der Waals surface area contributed by atoms with Crippen LogP contribution in [-0.2, 0) is 30.3 Å². The summed E-state index contributed by atoms with van der Waals surface area (Å²) < 4.78 is 24.1. The van der Waals surface area contributed by atoms with Crippen LogP contribution in [0.5, 0.6) is 0 Å². The summed E-state index contributed by atoms with van der Waals surface area (Å²) in [6, 6.07) is 17.6. The number of hydrogen-bond acceptors (Lipinski definition) is 6. The average Bonchev–Trinajstić information content (AvgIpc) is 2.80. The van der Waals surface area contributed by atoms with Crippen LogP contribution < -0.4 is 5.32 Å². The van der Waals surface area contributed by atoms with E-state index in [1.54, 1.807) is 0 Å². The number of carbonyl (C=O) groups excluding carboxylic acids is 1. The summed E-state index contributed by atoms with van der Waals surface area (Å²) in [5.41, 5.74) is 11.0. The molecule has 9 nitrogen and oxygen atoms in total. The molecule has 2 aromatic carbocycles. The van der Waals surface area contributed by atoms with Crippen molar-refractivity contribution >= 4 is 5.91 Å². The molecule has 2 fully saturated rings. The van der Waals surface area contributed by atoms with E-state index in [-0.39, 0.29) is 19.1 Å². The van der Waals surface area contributed by atoms with Gasteiger partial charge < -0.3 is 24.3 Å². The lowest BCUT2D eigenvalue weighted by molar-refractivity contribution is -0.327. The van der Waals surface area contributed by atoms with Crippen LogP contribution in [0.25, 0.3) is 10.4 Å². The molecule has 0 aromatic heterocycles. The Balaban J connectivity index is 1.56. The quantitative estimate of drug-likeness (QED) is 0.434. The van der Waals surface area contributed by atoms with E-state index in [2.05, 4.69) is 15.3 Å². The van der Waals surface area contributed by atoms with Gasteiger partial charge in [-0.2, -0.15) is 0 Å². The maximum atomic E-state index is 11.9. The molecule has 0 saturated carbocycles. The van der Waals surface area contributed by atoms with Crippen molar-refractivity contribution in [3.8, 4) is 0 Å². The highest BCUT2D eigenvalue weighted by molar-refractivity contribution is 5.73. The second kappa shape index (κ2) is 9.91. The average molecular weight is 424 g/mol. The standard InChI is InChI=1S/C22H24N4O5/c1-14(27)24-19-18(25-26-23)20-17(13-29-21(31-20)16-10-6-3-7-11-16)30-22(19)28-12-15-8-4-2-5-9-15/h2-11,17-22H,12-13H2,1H3,(H,24,27)/t17-,18-,19-,20-,21+,22+/m1/s1. The molecule has 2 aromatic rings. The van der Waals surface area contributed by atoms with Gasteiger partial charge in [0.05, 0.1) is 25.3 Å². The minimum Gasteiger partial charge on any atom is -0.348 e. The van der Waals surface area contributed by atoms with Gasteiger partial charge in [0, 0.05) is 17.4 Å². The smallest absolute Gasteiger partial charge is 0.217 e. The lowest BCUT2D eigenvalue weighted by Crippen LogP contribution is -2.65. The van der Waals surface area contributed by atoms with Gasteiger partial charge in [-0.3, -0.25) is 4.79 Å². The molecule has 9 heteroatoms. The maximum Gasteiger partial charge on any atom is 0.217 e. The lowest BCUT2D eigenvalue weighted by Gasteiger charge is -2.48. The van der Waals surface area contributed by atoms with Gasteiger partial charge in [-0.25, -0.2) is 0 Å². The molecular weight excluding hydrogens is 400 g/mol. The van der Waals surface area contributed by atoms with Crippen LogP contribution in [0.2, 0.25) is 0 Å². The molecule has 2 aliphatic heterocycles. The van der Waals surface area contributed by atoms with Crippen LogP contribution in [-0.4, -0.2) is 43.1 Å². The van der Waals surface area contributed by atoms with E-state index >= 15 is 0 Å². The first-order chi connectivity index (χ1) is 15.2. The van der Waals surface area contributed by atoms with E-state index in [1.807, 2.05) is 60.7 Å². The minimum absolute atomic E-state index is 0.236. The van der Waals surface area contributed by atoms with E-state index < -0.39 is 36.9 Å². The molecule has 0 aliphatic carbocycles. The van der Waals surface area contributed by atoms with Crippen molar-refractivity contribution in [2.45, 2.75) is 50.4 Å². The van der Waals surface area contributed by atoms with Crippen molar-refractivity contribution in [2.24, 2.45) is 5.11 Å². The number of nitrogens with zero attached hydrogens (tertiary/aromatic N) is 3. The zero-order chi connectivity index (χ0) is 21.6. The monoisotopic (exact) mass is 424 g/mol. The van der Waals surface area contributed by atoms with Crippen LogP contribution in [0.15, 0.2) is 65.8 Å². The fourth-order valence-corrected chi connectivity index (χ4v) is 3.85. The Morgan fingerprint density at radius 3 is 2.55 bits per heavy atom. The summed E-state index contributed by atoms with van der Waals surface area (Å²) >= 11 is 0. The van der Waals surface area contributed by atoms with Crippen molar-refractivity contribution < 1.29 is 23.7 Å². The minimum atomic E-state index is -0.832. The fourth-order valence-electron chi connectivity index (χ4n) is 3.85. The van der Waals surface area contributed by atoms with E-state index in [0.717, 1.165) is 11.1 Å². The van der Waals surface area contributed by atoms with Gasteiger partial charge in [-0.1, -0.05) is 65.8 Å². The van der Waals surface area contributed by atoms with Crippen LogP contribution in [0.3, 0.4) is 0 Å². The first-order valence-electron chi connectivity index (χ1n) is 10.1. The normalized spacial score (nSPS) is 30.0. The number of azide groups is 1. The molecule has 2 saturated heterocycles. The number of benzene rings is 2. The Labute approximate surface area is 179 Å². The zero-order valence-corrected chi connectivity index (χ0v) is 17.0. The summed E-state index contributed by atoms with van der Waals surface area (Å²) in [7, 11) is 0. The number of amides is 1. The number of hydrogen-bond donors (Lipinski definition) is 1. The highest BCUT2D eigenvalue weighted by Gasteiger charge is 2.50. The fraction of sp³-hybridized carbons (Fsp3) is 0.409. The van der Waals surface area contributed by atoms with E-state index in [1.165, 1.54) is 6.92 Å². The Bertz CT molecular complexity index is 922. The molecular formula is C22H24N4O5. The third-order valence-electron chi connectivity index (χ3n) is 5.25. The highest BCUT2D eigenvalue weighted by Crippen LogP contribution is 2.36. The second-order valence-corrected chi connectivity index (χ2v) is 7.44. The van der Waals surface area contributed by atoms with Gasteiger partial charge in [-0.05, 0) is 11.1 Å². The predicted octanol–water partition coefficient (Wildman–Crippen LogP) is 3.23. The Kier molecular flexibility index (Phi) is 6.81. The third kappa shape index (κ3) is 5.04. The van der Waals surface area contributed by atoms with Crippen LogP contribution >= 0.6 is 0 Å². The summed E-state index contributed by atoms with van der Waals surface area (Å²) in [4.78, 5) is 14.9. The van der Waals surface area contributed by atoms with Crippen molar-refractivity contribution in [1.82, 2.24) is 5.32 Å². The molecule has 1 N–H and O–H groups in total. The molecule has 31 heavy (non-hydrogen) atoms. The van der Waals surface area contributed by atoms with Crippen molar-refractivity contribution in [3.63, 3.8) is 0 Å². The van der Waals surface area contributed by atoms with Crippen LogP contribution in [0, 0.1) is 0 Å². The van der Waals surface area contributed by atoms with E-state index in [4.69, 9.17) is 18.9 Å². The largest absolute Gasteiger partial charge is 0.348 e. The topological polar surface area (TPSA) is 115 Å². The van der Waals surface area contributed by atoms with Crippen LogP contribution in [0.4, 0.5) is 0 Å². The summed E-state index contributed by atoms with van der Waals surface area (Å²) in [6.07, 6.45) is -2.58. The Morgan fingerprint density at radius 1 is 1.16 bits per heavy atom. The SMILES string of the molecule is CC(=O)N[C@H]1[C@@H](OCc2ccccc2)O[C@@H]2CO[C@H](c3ccccc3)O[C@H]2[C@@H]1N=[N+]=[N-]. The van der Waals surface area contributed by atoms with Crippen molar-refractivity contribution in [3.05, 3.63) is 82.2 Å². The van der Waals surface area contributed by atoms with Crippen molar-refractivity contribution in [1.29, 1.82) is 0 Å². The number of rotatable bonds is 6. The van der Waals surface area contributed by atoms with Gasteiger partial charge in [0.15, 0.2) is 12.6 Å². The first-order valence-corrected chi connectivity index (χ1v) is 10.1. The number of fused-ring (bicyclic) bond motifs is 1.